The van der Waals surface area contributed by atoms with Gasteiger partial charge in [0.2, 0.25) is 0 Å². The van der Waals surface area contributed by atoms with Gasteiger partial charge in [0, 0.05) is 31.3 Å². The third kappa shape index (κ3) is 7.71. The molecule has 12 heteroatoms. The van der Waals surface area contributed by atoms with E-state index in [1.165, 1.54) is 13.0 Å². The van der Waals surface area contributed by atoms with Crippen molar-refractivity contribution < 1.29 is 32.3 Å². The number of aliphatic hydroxyl groups excluding tert-OH is 1. The van der Waals surface area contributed by atoms with E-state index in [1.54, 1.807) is 30.9 Å². The molecule has 0 spiro atoms. The Labute approximate surface area is 231 Å². The van der Waals surface area contributed by atoms with Gasteiger partial charge in [-0.2, -0.15) is 0 Å². The predicted molar refractivity (Wildman–Crippen MR) is 148 cm³/mol. The minimum Gasteiger partial charge on any atom is -0.490 e. The molecule has 0 fully saturated rings. The van der Waals surface area contributed by atoms with Crippen LogP contribution in [0.1, 0.15) is 61.8 Å². The van der Waals surface area contributed by atoms with Crippen LogP contribution >= 0.6 is 0 Å². The van der Waals surface area contributed by atoms with Gasteiger partial charge < -0.3 is 29.3 Å². The number of anilines is 1. The highest BCUT2D eigenvalue weighted by Gasteiger charge is 2.30. The molecular formula is C27H42N4O7S. The molecule has 0 saturated heterocycles. The first kappa shape index (κ1) is 30.9. The van der Waals surface area contributed by atoms with Crippen molar-refractivity contribution in [2.45, 2.75) is 77.0 Å². The second-order valence-corrected chi connectivity index (χ2v) is 11.9. The zero-order chi connectivity index (χ0) is 28.7. The summed E-state index contributed by atoms with van der Waals surface area (Å²) in [6.45, 7) is 10.1. The van der Waals surface area contributed by atoms with E-state index < -0.39 is 16.1 Å². The number of aromatic nitrogens is 1. The minimum atomic E-state index is -4.03. The van der Waals surface area contributed by atoms with Crippen LogP contribution in [0.25, 0.3) is 0 Å². The van der Waals surface area contributed by atoms with Crippen molar-refractivity contribution in [3.63, 3.8) is 0 Å². The summed E-state index contributed by atoms with van der Waals surface area (Å²) in [5, 5.41) is 16.9. The van der Waals surface area contributed by atoms with Crippen LogP contribution in [-0.4, -0.2) is 81.1 Å². The Bertz CT molecular complexity index is 1200. The summed E-state index contributed by atoms with van der Waals surface area (Å²) in [7, 11) is -2.17. The lowest BCUT2D eigenvalue weighted by atomic mass is 10.0. The van der Waals surface area contributed by atoms with E-state index >= 15 is 0 Å². The molecule has 2 heterocycles. The maximum Gasteiger partial charge on any atom is 0.267 e. The maximum atomic E-state index is 14.1. The number of carbonyl (C=O) groups excluding carboxylic acids is 1. The van der Waals surface area contributed by atoms with Gasteiger partial charge in [-0.3, -0.25) is 9.52 Å². The number of hydrogen-bond donors (Lipinski definition) is 3. The SMILES string of the molecule is CNC[C@H]1OCCCC[C@H](C)Oc2ccc(NS(=O)(=O)c3c(C)noc3C)cc2C(=O)N([C@H](C)CO)C[C@@H]1C. The van der Waals surface area contributed by atoms with Crippen LogP contribution in [0.4, 0.5) is 5.69 Å². The van der Waals surface area contributed by atoms with Crippen LogP contribution in [0, 0.1) is 19.8 Å². The summed E-state index contributed by atoms with van der Waals surface area (Å²) < 4.78 is 46.3. The second kappa shape index (κ2) is 13.6. The summed E-state index contributed by atoms with van der Waals surface area (Å²) in [6.07, 6.45) is 2.24. The lowest BCUT2D eigenvalue weighted by molar-refractivity contribution is -0.000450. The van der Waals surface area contributed by atoms with Gasteiger partial charge in [0.05, 0.1) is 30.4 Å². The topological polar surface area (TPSA) is 143 Å². The molecule has 0 saturated carbocycles. The highest BCUT2D eigenvalue weighted by Crippen LogP contribution is 2.30. The number of likely N-dealkylation sites (N-methyl/N-ethyl adjacent to an activating group) is 1. The summed E-state index contributed by atoms with van der Waals surface area (Å²) in [4.78, 5) is 15.6. The van der Waals surface area contributed by atoms with E-state index in [2.05, 4.69) is 15.2 Å². The number of aryl methyl sites for hydroxylation is 2. The number of ether oxygens (including phenoxy) is 2. The summed E-state index contributed by atoms with van der Waals surface area (Å²) in [5.41, 5.74) is 0.638. The van der Waals surface area contributed by atoms with Gasteiger partial charge in [0.1, 0.15) is 11.4 Å². The monoisotopic (exact) mass is 566 g/mol. The van der Waals surface area contributed by atoms with E-state index in [-0.39, 0.29) is 58.2 Å². The second-order valence-electron chi connectivity index (χ2n) is 10.3. The summed E-state index contributed by atoms with van der Waals surface area (Å²) >= 11 is 0. The number of aliphatic hydroxyl groups is 1. The molecule has 3 rings (SSSR count). The summed E-state index contributed by atoms with van der Waals surface area (Å²) in [5.74, 6) is 0.115. The van der Waals surface area contributed by atoms with Crippen LogP contribution in [0.15, 0.2) is 27.6 Å². The number of benzene rings is 1. The van der Waals surface area contributed by atoms with Crippen LogP contribution in [0.3, 0.4) is 0 Å². The molecule has 1 aliphatic heterocycles. The molecule has 218 valence electrons. The molecule has 1 aromatic heterocycles. The first-order valence-electron chi connectivity index (χ1n) is 13.4. The minimum absolute atomic E-state index is 0.0390. The largest absolute Gasteiger partial charge is 0.490 e. The zero-order valence-electron chi connectivity index (χ0n) is 23.7. The average Bonchev–Trinajstić information content (AvgIpc) is 3.24. The van der Waals surface area contributed by atoms with Crippen LogP contribution < -0.4 is 14.8 Å². The first-order valence-corrected chi connectivity index (χ1v) is 14.9. The van der Waals surface area contributed by atoms with Crippen molar-refractivity contribution in [3.8, 4) is 5.75 Å². The van der Waals surface area contributed by atoms with Gasteiger partial charge >= 0.3 is 0 Å². The molecule has 0 bridgehead atoms. The number of hydrogen-bond acceptors (Lipinski definition) is 9. The Morgan fingerprint density at radius 2 is 1.97 bits per heavy atom. The van der Waals surface area contributed by atoms with Crippen molar-refractivity contribution in [1.82, 2.24) is 15.4 Å². The fourth-order valence-electron chi connectivity index (χ4n) is 4.74. The Morgan fingerprint density at radius 1 is 1.23 bits per heavy atom. The Morgan fingerprint density at radius 3 is 2.62 bits per heavy atom. The van der Waals surface area contributed by atoms with E-state index in [1.807, 2.05) is 20.9 Å². The predicted octanol–water partition coefficient (Wildman–Crippen LogP) is 3.11. The van der Waals surface area contributed by atoms with Gasteiger partial charge in [-0.15, -0.1) is 0 Å². The lowest BCUT2D eigenvalue weighted by Crippen LogP contribution is -2.47. The van der Waals surface area contributed by atoms with E-state index in [0.717, 1.165) is 19.3 Å². The van der Waals surface area contributed by atoms with Gasteiger partial charge in [0.15, 0.2) is 10.7 Å². The fraction of sp³-hybridized carbons (Fsp3) is 0.630. The molecule has 0 unspecified atom stereocenters. The van der Waals surface area contributed by atoms with Gasteiger partial charge in [0.25, 0.3) is 15.9 Å². The van der Waals surface area contributed by atoms with Crippen LogP contribution in [0.2, 0.25) is 0 Å². The number of carbonyl (C=O) groups is 1. The third-order valence-corrected chi connectivity index (χ3v) is 8.57. The van der Waals surface area contributed by atoms with Crippen molar-refractivity contribution in [3.05, 3.63) is 35.2 Å². The highest BCUT2D eigenvalue weighted by molar-refractivity contribution is 7.92. The molecule has 1 amide bonds. The Kier molecular flexibility index (Phi) is 10.8. The fourth-order valence-corrected chi connectivity index (χ4v) is 6.12. The van der Waals surface area contributed by atoms with Gasteiger partial charge in [-0.25, -0.2) is 8.42 Å². The lowest BCUT2D eigenvalue weighted by Gasteiger charge is -2.34. The molecule has 1 aromatic carbocycles. The molecule has 2 aromatic rings. The van der Waals surface area contributed by atoms with E-state index in [0.29, 0.717) is 25.4 Å². The van der Waals surface area contributed by atoms with Gasteiger partial charge in [-0.1, -0.05) is 12.1 Å². The molecule has 1 aliphatic rings. The van der Waals surface area contributed by atoms with Crippen LogP contribution in [0.5, 0.6) is 5.75 Å². The number of sulfonamides is 1. The first-order chi connectivity index (χ1) is 18.5. The van der Waals surface area contributed by atoms with Crippen molar-refractivity contribution in [1.29, 1.82) is 0 Å². The standard InChI is InChI=1S/C27H42N4O7S/c1-17-15-31(18(2)16-32)27(33)23-13-22(30-39(34,35)26-20(4)29-38-21(26)5)10-11-24(23)37-19(3)9-7-8-12-36-25(17)14-28-6/h10-11,13,17-19,25,28,30,32H,7-9,12,14-16H2,1-6H3/t17-,18+,19-,25+/m0/s1. The molecule has 4 atom stereocenters. The number of fused-ring (bicyclic) bond motifs is 1. The molecule has 3 N–H and O–H groups in total. The average molecular weight is 567 g/mol. The maximum absolute atomic E-state index is 14.1. The smallest absolute Gasteiger partial charge is 0.267 e. The zero-order valence-corrected chi connectivity index (χ0v) is 24.5. The molecule has 0 aliphatic carbocycles. The molecule has 11 nitrogen and oxygen atoms in total. The third-order valence-electron chi connectivity index (χ3n) is 6.95. The molecular weight excluding hydrogens is 524 g/mol. The molecule has 0 radical (unpaired) electrons. The number of rotatable bonds is 7. The van der Waals surface area contributed by atoms with Crippen molar-refractivity contribution >= 4 is 21.6 Å². The summed E-state index contributed by atoms with van der Waals surface area (Å²) in [6, 6.07) is 4.17. The number of nitrogens with one attached hydrogen (secondary N) is 2. The van der Waals surface area contributed by atoms with E-state index in [9.17, 15) is 18.3 Å². The Hall–Kier alpha value is -2.67. The number of nitrogens with zero attached hydrogens (tertiary/aromatic N) is 2. The van der Waals surface area contributed by atoms with Crippen LogP contribution in [-0.2, 0) is 14.8 Å². The normalized spacial score (nSPS) is 22.5. The highest BCUT2D eigenvalue weighted by atomic mass is 32.2. The van der Waals surface area contributed by atoms with Crippen molar-refractivity contribution in [2.24, 2.45) is 5.92 Å². The van der Waals surface area contributed by atoms with Gasteiger partial charge in [-0.05, 0) is 72.2 Å². The Balaban J connectivity index is 2.04. The van der Waals surface area contributed by atoms with E-state index in [4.69, 9.17) is 14.0 Å². The quantitative estimate of drug-likeness (QED) is 0.461. The molecule has 39 heavy (non-hydrogen) atoms. The van der Waals surface area contributed by atoms with Crippen molar-refractivity contribution in [2.75, 3.05) is 38.1 Å². The number of amides is 1.